The molecule has 3 aromatic rings. The lowest BCUT2D eigenvalue weighted by Crippen LogP contribution is -2.42. The fourth-order valence-electron chi connectivity index (χ4n) is 5.65. The standard InChI is InChI=1S/C28H33ClN4O3/c29-21-9-7-20(8-10-21)28(13-2-1-3-14-28)19-30-27(36)24-5-4-6-25-31-22(18-33(24)25)17-26(35)32-15-11-23(34)12-16-32/h4-10,18,23,34H,1-3,11-17,19H2,(H,30,36). The summed E-state index contributed by atoms with van der Waals surface area (Å²) < 4.78 is 1.77. The molecule has 2 amide bonds. The zero-order chi connectivity index (χ0) is 25.1. The Labute approximate surface area is 216 Å². The Morgan fingerprint density at radius 1 is 1.06 bits per heavy atom. The summed E-state index contributed by atoms with van der Waals surface area (Å²) in [6.45, 7) is 1.69. The molecular weight excluding hydrogens is 476 g/mol. The minimum Gasteiger partial charge on any atom is -0.393 e. The number of benzene rings is 1. The van der Waals surface area contributed by atoms with Gasteiger partial charge in [-0.05, 0) is 55.5 Å². The maximum absolute atomic E-state index is 13.4. The molecule has 1 aliphatic carbocycles. The van der Waals surface area contributed by atoms with Gasteiger partial charge >= 0.3 is 0 Å². The number of fused-ring (bicyclic) bond motifs is 1. The highest BCUT2D eigenvalue weighted by Gasteiger charge is 2.34. The van der Waals surface area contributed by atoms with Crippen molar-refractivity contribution < 1.29 is 14.7 Å². The van der Waals surface area contributed by atoms with Gasteiger partial charge in [0, 0.05) is 36.3 Å². The van der Waals surface area contributed by atoms with E-state index in [1.165, 1.54) is 12.0 Å². The number of hydrogen-bond acceptors (Lipinski definition) is 4. The van der Waals surface area contributed by atoms with Crippen LogP contribution in [0.25, 0.3) is 5.65 Å². The first-order valence-corrected chi connectivity index (χ1v) is 13.3. The van der Waals surface area contributed by atoms with E-state index in [1.54, 1.807) is 21.6 Å². The summed E-state index contributed by atoms with van der Waals surface area (Å²) in [4.78, 5) is 32.5. The molecule has 0 atom stereocenters. The third-order valence-corrected chi connectivity index (χ3v) is 8.03. The second-order valence-electron chi connectivity index (χ2n) is 10.2. The van der Waals surface area contributed by atoms with Crippen molar-refractivity contribution in [3.63, 3.8) is 0 Å². The predicted molar refractivity (Wildman–Crippen MR) is 139 cm³/mol. The normalized spacial score (nSPS) is 18.3. The van der Waals surface area contributed by atoms with E-state index in [0.29, 0.717) is 54.5 Å². The van der Waals surface area contributed by atoms with Gasteiger partial charge < -0.3 is 15.3 Å². The van der Waals surface area contributed by atoms with E-state index in [9.17, 15) is 14.7 Å². The topological polar surface area (TPSA) is 86.9 Å². The number of aliphatic hydroxyl groups is 1. The molecule has 2 fully saturated rings. The van der Waals surface area contributed by atoms with Crippen LogP contribution in [0.5, 0.6) is 0 Å². The number of amides is 2. The minimum atomic E-state index is -0.322. The first-order chi connectivity index (χ1) is 17.4. The van der Waals surface area contributed by atoms with Crippen LogP contribution < -0.4 is 5.32 Å². The molecule has 7 nitrogen and oxygen atoms in total. The second kappa shape index (κ2) is 10.6. The van der Waals surface area contributed by atoms with E-state index < -0.39 is 0 Å². The summed E-state index contributed by atoms with van der Waals surface area (Å²) in [5, 5.41) is 13.6. The molecule has 0 radical (unpaired) electrons. The number of piperidine rings is 1. The number of rotatable bonds is 6. The van der Waals surface area contributed by atoms with Gasteiger partial charge in [-0.25, -0.2) is 4.98 Å². The van der Waals surface area contributed by atoms with Gasteiger partial charge in [0.05, 0.1) is 18.2 Å². The average molecular weight is 509 g/mol. The Morgan fingerprint density at radius 2 is 1.78 bits per heavy atom. The summed E-state index contributed by atoms with van der Waals surface area (Å²) in [7, 11) is 0. The van der Waals surface area contributed by atoms with Gasteiger partial charge in [0.15, 0.2) is 0 Å². The van der Waals surface area contributed by atoms with Crippen molar-refractivity contribution in [2.75, 3.05) is 19.6 Å². The minimum absolute atomic E-state index is 0.00138. The molecule has 0 bridgehead atoms. The number of carbonyl (C=O) groups excluding carboxylic acids is 2. The number of halogens is 1. The maximum Gasteiger partial charge on any atom is 0.268 e. The number of likely N-dealkylation sites (tertiary alicyclic amines) is 1. The molecule has 190 valence electrons. The molecule has 2 aromatic heterocycles. The van der Waals surface area contributed by atoms with E-state index in [4.69, 9.17) is 11.6 Å². The number of imidazole rings is 1. The van der Waals surface area contributed by atoms with Crippen LogP contribution in [-0.4, -0.2) is 56.9 Å². The van der Waals surface area contributed by atoms with Crippen LogP contribution in [0, 0.1) is 0 Å². The van der Waals surface area contributed by atoms with Crippen molar-refractivity contribution in [2.45, 2.75) is 62.9 Å². The number of hydrogen-bond donors (Lipinski definition) is 2. The molecule has 3 heterocycles. The number of carbonyl (C=O) groups is 2. The van der Waals surface area contributed by atoms with Crippen molar-refractivity contribution in [1.82, 2.24) is 19.6 Å². The van der Waals surface area contributed by atoms with E-state index >= 15 is 0 Å². The van der Waals surface area contributed by atoms with Crippen LogP contribution in [0.2, 0.25) is 5.02 Å². The van der Waals surface area contributed by atoms with Crippen molar-refractivity contribution in [3.05, 3.63) is 70.6 Å². The highest BCUT2D eigenvalue weighted by atomic mass is 35.5. The fourth-order valence-corrected chi connectivity index (χ4v) is 5.78. The molecule has 1 aliphatic heterocycles. The van der Waals surface area contributed by atoms with Crippen molar-refractivity contribution in [3.8, 4) is 0 Å². The molecule has 2 N–H and O–H groups in total. The van der Waals surface area contributed by atoms with E-state index in [0.717, 1.165) is 25.7 Å². The van der Waals surface area contributed by atoms with E-state index in [2.05, 4.69) is 22.4 Å². The largest absolute Gasteiger partial charge is 0.393 e. The van der Waals surface area contributed by atoms with Crippen molar-refractivity contribution in [1.29, 1.82) is 0 Å². The third-order valence-electron chi connectivity index (χ3n) is 7.78. The monoisotopic (exact) mass is 508 g/mol. The number of aliphatic hydroxyl groups excluding tert-OH is 1. The Bertz CT molecular complexity index is 1230. The number of nitrogens with zero attached hydrogens (tertiary/aromatic N) is 3. The second-order valence-corrected chi connectivity index (χ2v) is 10.6. The summed E-state index contributed by atoms with van der Waals surface area (Å²) in [5.74, 6) is -0.154. The Morgan fingerprint density at radius 3 is 2.50 bits per heavy atom. The SMILES string of the molecule is O=C(NCC1(c2ccc(Cl)cc2)CCCCC1)c1cccc2nc(CC(=O)N3CCC(O)CC3)cn12. The van der Waals surface area contributed by atoms with Gasteiger partial charge in [-0.1, -0.05) is 49.1 Å². The van der Waals surface area contributed by atoms with Crippen LogP contribution >= 0.6 is 11.6 Å². The highest BCUT2D eigenvalue weighted by molar-refractivity contribution is 6.30. The molecule has 0 unspecified atom stereocenters. The van der Waals surface area contributed by atoms with Crippen LogP contribution in [0.4, 0.5) is 0 Å². The van der Waals surface area contributed by atoms with Crippen LogP contribution in [-0.2, 0) is 16.6 Å². The lowest BCUT2D eigenvalue weighted by Gasteiger charge is -2.38. The first kappa shape index (κ1) is 24.8. The average Bonchev–Trinajstić information content (AvgIpc) is 3.31. The molecular formula is C28H33ClN4O3. The summed E-state index contributed by atoms with van der Waals surface area (Å²) in [5.41, 5.74) is 2.91. The zero-order valence-corrected chi connectivity index (χ0v) is 21.2. The molecule has 2 aliphatic rings. The van der Waals surface area contributed by atoms with Gasteiger partial charge in [0.25, 0.3) is 5.91 Å². The Balaban J connectivity index is 1.31. The van der Waals surface area contributed by atoms with Gasteiger partial charge in [-0.15, -0.1) is 0 Å². The highest BCUT2D eigenvalue weighted by Crippen LogP contribution is 2.39. The quantitative estimate of drug-likeness (QED) is 0.524. The number of aromatic nitrogens is 2. The Kier molecular flexibility index (Phi) is 7.30. The number of nitrogens with one attached hydrogen (secondary N) is 1. The number of pyridine rings is 1. The molecule has 36 heavy (non-hydrogen) atoms. The molecule has 1 saturated heterocycles. The summed E-state index contributed by atoms with van der Waals surface area (Å²) >= 11 is 6.13. The maximum atomic E-state index is 13.4. The van der Waals surface area contributed by atoms with Gasteiger partial charge in [0.2, 0.25) is 5.91 Å². The van der Waals surface area contributed by atoms with Gasteiger partial charge in [-0.2, -0.15) is 0 Å². The summed E-state index contributed by atoms with van der Waals surface area (Å²) in [6, 6.07) is 13.5. The molecule has 8 heteroatoms. The lowest BCUT2D eigenvalue weighted by molar-refractivity contribution is -0.132. The lowest BCUT2D eigenvalue weighted by atomic mass is 9.69. The van der Waals surface area contributed by atoms with Crippen molar-refractivity contribution >= 4 is 29.1 Å². The van der Waals surface area contributed by atoms with E-state index in [-0.39, 0.29) is 29.8 Å². The zero-order valence-electron chi connectivity index (χ0n) is 20.5. The summed E-state index contributed by atoms with van der Waals surface area (Å²) in [6.07, 6.45) is 8.43. The van der Waals surface area contributed by atoms with Crippen LogP contribution in [0.3, 0.4) is 0 Å². The van der Waals surface area contributed by atoms with Crippen LogP contribution in [0.15, 0.2) is 48.7 Å². The van der Waals surface area contributed by atoms with E-state index in [1.807, 2.05) is 24.3 Å². The fraction of sp³-hybridized carbons (Fsp3) is 0.464. The smallest absolute Gasteiger partial charge is 0.268 e. The predicted octanol–water partition coefficient (Wildman–Crippen LogP) is 4.15. The third kappa shape index (κ3) is 5.27. The van der Waals surface area contributed by atoms with Crippen LogP contribution in [0.1, 0.15) is 66.7 Å². The molecule has 0 spiro atoms. The molecule has 1 saturated carbocycles. The van der Waals surface area contributed by atoms with Crippen molar-refractivity contribution in [2.24, 2.45) is 0 Å². The molecule has 1 aromatic carbocycles. The molecule has 5 rings (SSSR count). The first-order valence-electron chi connectivity index (χ1n) is 12.9. The van der Waals surface area contributed by atoms with Gasteiger partial charge in [0.1, 0.15) is 11.3 Å². The van der Waals surface area contributed by atoms with Gasteiger partial charge in [-0.3, -0.25) is 14.0 Å². The Hall–Kier alpha value is -2.90.